The maximum absolute atomic E-state index is 10.5. The molecule has 0 unspecified atom stereocenters. The van der Waals surface area contributed by atoms with Gasteiger partial charge in [-0.1, -0.05) is 108 Å². The molecule has 0 spiro atoms. The van der Waals surface area contributed by atoms with Gasteiger partial charge in [-0.3, -0.25) is 0 Å². The van der Waals surface area contributed by atoms with Gasteiger partial charge in [-0.15, -0.1) is 0 Å². The van der Waals surface area contributed by atoms with Gasteiger partial charge in [-0.2, -0.15) is 0 Å². The Morgan fingerprint density at radius 3 is 1.87 bits per heavy atom. The third kappa shape index (κ3) is 5.93. The van der Waals surface area contributed by atoms with Crippen molar-refractivity contribution in [3.63, 3.8) is 0 Å². The molecule has 0 saturated heterocycles. The van der Waals surface area contributed by atoms with Gasteiger partial charge in [-0.25, -0.2) is 0 Å². The third-order valence-electron chi connectivity index (χ3n) is 5.79. The van der Waals surface area contributed by atoms with Crippen LogP contribution in [-0.4, -0.2) is 26.1 Å². The van der Waals surface area contributed by atoms with Crippen LogP contribution in [-0.2, 0) is 4.43 Å². The number of aliphatic hydroxyl groups excluding tert-OH is 1. The average Bonchev–Trinajstić information content (AvgIpc) is 2.70. The molecule has 164 valence electrons. The first kappa shape index (κ1) is 24.6. The van der Waals surface area contributed by atoms with E-state index in [1.165, 1.54) is 10.4 Å². The van der Waals surface area contributed by atoms with E-state index >= 15 is 0 Å². The first-order valence-corrected chi connectivity index (χ1v) is 13.2. The van der Waals surface area contributed by atoms with Crippen LogP contribution in [0.5, 0.6) is 0 Å². The number of aliphatic hydroxyl groups is 1. The summed E-state index contributed by atoms with van der Waals surface area (Å²) in [6.45, 7) is 14.0. The summed E-state index contributed by atoms with van der Waals surface area (Å²) in [5.74, 6) is 0.489. The number of rotatable bonds is 10. The Bertz CT molecular complexity index is 736. The second-order valence-corrected chi connectivity index (χ2v) is 13.9. The Balaban J connectivity index is 2.32. The van der Waals surface area contributed by atoms with Crippen molar-refractivity contribution < 1.29 is 9.53 Å². The molecule has 1 N–H and O–H groups in total. The van der Waals surface area contributed by atoms with Gasteiger partial charge in [0.25, 0.3) is 8.32 Å². The van der Waals surface area contributed by atoms with Crippen LogP contribution >= 0.6 is 0 Å². The summed E-state index contributed by atoms with van der Waals surface area (Å²) in [5, 5.41) is 13.1. The minimum atomic E-state index is -2.48. The van der Waals surface area contributed by atoms with E-state index in [2.05, 4.69) is 108 Å². The van der Waals surface area contributed by atoms with Gasteiger partial charge in [0.15, 0.2) is 0 Å². The quantitative estimate of drug-likeness (QED) is 0.301. The Labute approximate surface area is 185 Å². The van der Waals surface area contributed by atoms with Gasteiger partial charge in [0.05, 0.1) is 6.10 Å². The minimum Gasteiger partial charge on any atom is -0.407 e. The van der Waals surface area contributed by atoms with Gasteiger partial charge in [0.2, 0.25) is 0 Å². The van der Waals surface area contributed by atoms with Crippen LogP contribution in [0.15, 0.2) is 72.3 Å². The van der Waals surface area contributed by atoms with Crippen LogP contribution in [0.4, 0.5) is 0 Å². The highest BCUT2D eigenvalue weighted by Crippen LogP contribution is 2.36. The second-order valence-electron chi connectivity index (χ2n) is 9.58. The average molecular weight is 425 g/mol. The van der Waals surface area contributed by atoms with E-state index in [4.69, 9.17) is 4.43 Å². The molecular formula is C27H40O2Si. The van der Waals surface area contributed by atoms with Crippen molar-refractivity contribution in [2.45, 2.75) is 71.9 Å². The Morgan fingerprint density at radius 1 is 0.967 bits per heavy atom. The lowest BCUT2D eigenvalue weighted by atomic mass is 9.97. The van der Waals surface area contributed by atoms with Crippen LogP contribution < -0.4 is 10.4 Å². The van der Waals surface area contributed by atoms with E-state index in [0.717, 1.165) is 24.8 Å². The SMILES string of the molecule is CC/C(=C/CCO[Si](c1ccccc1)(c1ccccc1)C(C)(C)C)[C@@H](O)CC(C)C. The summed E-state index contributed by atoms with van der Waals surface area (Å²) in [6.07, 6.45) is 4.37. The van der Waals surface area contributed by atoms with Gasteiger partial charge in [-0.05, 0) is 46.2 Å². The molecule has 0 aliphatic heterocycles. The highest BCUT2D eigenvalue weighted by Gasteiger charge is 2.49. The highest BCUT2D eigenvalue weighted by atomic mass is 28.4. The molecule has 0 radical (unpaired) electrons. The van der Waals surface area contributed by atoms with Crippen molar-refractivity contribution in [1.29, 1.82) is 0 Å². The van der Waals surface area contributed by atoms with Crippen LogP contribution in [0.1, 0.15) is 60.8 Å². The van der Waals surface area contributed by atoms with E-state index < -0.39 is 8.32 Å². The summed E-state index contributed by atoms with van der Waals surface area (Å²) in [7, 11) is -2.48. The maximum atomic E-state index is 10.5. The van der Waals surface area contributed by atoms with Crippen molar-refractivity contribution >= 4 is 18.7 Å². The van der Waals surface area contributed by atoms with Gasteiger partial charge < -0.3 is 9.53 Å². The molecule has 2 aromatic carbocycles. The van der Waals surface area contributed by atoms with E-state index in [1.807, 2.05) is 0 Å². The minimum absolute atomic E-state index is 0.00976. The normalized spacial score (nSPS) is 14.2. The predicted octanol–water partition coefficient (Wildman–Crippen LogP) is 5.70. The molecule has 0 bridgehead atoms. The zero-order valence-electron chi connectivity index (χ0n) is 19.7. The molecule has 0 heterocycles. The van der Waals surface area contributed by atoms with E-state index in [-0.39, 0.29) is 11.1 Å². The molecule has 3 heteroatoms. The van der Waals surface area contributed by atoms with Crippen LogP contribution in [0.25, 0.3) is 0 Å². The lowest BCUT2D eigenvalue weighted by Crippen LogP contribution is -2.66. The first-order valence-electron chi connectivity index (χ1n) is 11.3. The summed E-state index contributed by atoms with van der Waals surface area (Å²) < 4.78 is 6.93. The maximum Gasteiger partial charge on any atom is 0.261 e. The fraction of sp³-hybridized carbons (Fsp3) is 0.481. The second kappa shape index (κ2) is 11.1. The fourth-order valence-corrected chi connectivity index (χ4v) is 8.91. The van der Waals surface area contributed by atoms with Crippen molar-refractivity contribution in [3.05, 3.63) is 72.3 Å². The van der Waals surface area contributed by atoms with Crippen molar-refractivity contribution in [1.82, 2.24) is 0 Å². The van der Waals surface area contributed by atoms with Crippen molar-refractivity contribution in [2.24, 2.45) is 5.92 Å². The molecular weight excluding hydrogens is 384 g/mol. The van der Waals surface area contributed by atoms with E-state index in [9.17, 15) is 5.11 Å². The van der Waals surface area contributed by atoms with Crippen LogP contribution in [0.3, 0.4) is 0 Å². The number of benzene rings is 2. The lowest BCUT2D eigenvalue weighted by molar-refractivity contribution is 0.179. The molecule has 30 heavy (non-hydrogen) atoms. The first-order chi connectivity index (χ1) is 14.2. The zero-order valence-corrected chi connectivity index (χ0v) is 20.7. The molecule has 2 aromatic rings. The van der Waals surface area contributed by atoms with E-state index in [0.29, 0.717) is 12.5 Å². The fourth-order valence-electron chi connectivity index (χ4n) is 4.33. The summed E-state index contributed by atoms with van der Waals surface area (Å²) >= 11 is 0. The van der Waals surface area contributed by atoms with Crippen molar-refractivity contribution in [2.75, 3.05) is 6.61 Å². The predicted molar refractivity (Wildman–Crippen MR) is 132 cm³/mol. The van der Waals surface area contributed by atoms with Gasteiger partial charge in [0.1, 0.15) is 0 Å². The largest absolute Gasteiger partial charge is 0.407 e. The molecule has 0 aliphatic rings. The Hall–Kier alpha value is -1.68. The Kier molecular flexibility index (Phi) is 9.08. The molecule has 0 amide bonds. The molecule has 2 nitrogen and oxygen atoms in total. The summed E-state index contributed by atoms with van der Waals surface area (Å²) in [6, 6.07) is 21.5. The molecule has 0 aliphatic carbocycles. The van der Waals surface area contributed by atoms with Gasteiger partial charge in [0, 0.05) is 6.61 Å². The van der Waals surface area contributed by atoms with Gasteiger partial charge >= 0.3 is 0 Å². The standard InChI is InChI=1S/C27H40O2Si/c1-7-23(26(28)21-22(2)3)15-14-20-29-30(27(4,5)6,24-16-10-8-11-17-24)25-18-12-9-13-19-25/h8-13,15-19,22,26,28H,7,14,20-21H2,1-6H3/b23-15-/t26-/m0/s1. The molecule has 2 rings (SSSR count). The van der Waals surface area contributed by atoms with Crippen LogP contribution in [0.2, 0.25) is 5.04 Å². The summed E-state index contributed by atoms with van der Waals surface area (Å²) in [5.41, 5.74) is 1.13. The zero-order chi connectivity index (χ0) is 22.2. The molecule has 0 aromatic heterocycles. The lowest BCUT2D eigenvalue weighted by Gasteiger charge is -2.43. The smallest absolute Gasteiger partial charge is 0.261 e. The molecule has 1 atom stereocenters. The van der Waals surface area contributed by atoms with Crippen LogP contribution in [0, 0.1) is 5.92 Å². The molecule has 0 fully saturated rings. The molecule has 0 saturated carbocycles. The summed E-state index contributed by atoms with van der Waals surface area (Å²) in [4.78, 5) is 0. The third-order valence-corrected chi connectivity index (χ3v) is 10.8. The topological polar surface area (TPSA) is 29.5 Å². The Morgan fingerprint density at radius 2 is 1.47 bits per heavy atom. The monoisotopic (exact) mass is 424 g/mol. The number of hydrogen-bond donors (Lipinski definition) is 1. The van der Waals surface area contributed by atoms with Crippen molar-refractivity contribution in [3.8, 4) is 0 Å². The number of hydrogen-bond acceptors (Lipinski definition) is 2. The van der Waals surface area contributed by atoms with E-state index in [1.54, 1.807) is 0 Å². The highest BCUT2D eigenvalue weighted by molar-refractivity contribution is 6.99.